The molecule has 2 nitrogen and oxygen atoms in total. The summed E-state index contributed by atoms with van der Waals surface area (Å²) in [6.07, 6.45) is 0. The largest absolute Gasteiger partial charge is 0.295 e. The quantitative estimate of drug-likeness (QED) is 0.272. The molecule has 0 aromatic heterocycles. The predicted molar refractivity (Wildman–Crippen MR) is 123 cm³/mol. The number of Topliss-reactive ketones (excluding diaryl/α,β-unsaturated/α-hetero) is 1. The molecule has 4 rings (SSSR count). The molecule has 0 fully saturated rings. The first-order valence-corrected chi connectivity index (χ1v) is 12.0. The van der Waals surface area contributed by atoms with Crippen LogP contribution in [0.3, 0.4) is 0 Å². The van der Waals surface area contributed by atoms with Crippen molar-refractivity contribution < 1.29 is 9.00 Å². The molecule has 0 amide bonds. The van der Waals surface area contributed by atoms with Crippen LogP contribution in [0.2, 0.25) is 0 Å². The summed E-state index contributed by atoms with van der Waals surface area (Å²) >= 11 is 0. The Morgan fingerprint density at radius 3 is 1.43 bits per heavy atom. The van der Waals surface area contributed by atoms with E-state index < -0.39 is 10.8 Å². The topological polar surface area (TPSA) is 34.1 Å². The van der Waals surface area contributed by atoms with Crippen LogP contribution in [0.4, 0.5) is 0 Å². The number of benzene rings is 4. The zero-order valence-electron chi connectivity index (χ0n) is 16.5. The fraction of sp³-hybridized carbons (Fsp3) is 0.0385. The molecule has 4 heteroatoms. The van der Waals surface area contributed by atoms with E-state index in [1.165, 1.54) is 21.6 Å². The second-order valence-electron chi connectivity index (χ2n) is 6.75. The molecule has 1 unspecified atom stereocenters. The molecule has 0 radical (unpaired) electrons. The van der Waals surface area contributed by atoms with Crippen LogP contribution in [-0.4, -0.2) is 9.99 Å². The van der Waals surface area contributed by atoms with Crippen LogP contribution in [0.15, 0.2) is 134 Å². The SMILES string of the molecule is CC(=O)c1ccc(S(=O)c2ccc([S+](c3ccccc3)c3ccccc3)cc2)cc1. The van der Waals surface area contributed by atoms with Gasteiger partial charge in [0, 0.05) is 15.4 Å². The third kappa shape index (κ3) is 4.45. The molecule has 0 aliphatic heterocycles. The maximum absolute atomic E-state index is 13.0. The van der Waals surface area contributed by atoms with Crippen molar-refractivity contribution in [2.45, 2.75) is 31.4 Å². The molecular weight excluding hydrogens is 408 g/mol. The van der Waals surface area contributed by atoms with E-state index in [-0.39, 0.29) is 16.7 Å². The molecule has 0 saturated heterocycles. The van der Waals surface area contributed by atoms with Gasteiger partial charge < -0.3 is 0 Å². The van der Waals surface area contributed by atoms with E-state index in [2.05, 4.69) is 60.7 Å². The van der Waals surface area contributed by atoms with Crippen LogP contribution in [-0.2, 0) is 21.7 Å². The van der Waals surface area contributed by atoms with E-state index in [4.69, 9.17) is 0 Å². The van der Waals surface area contributed by atoms with E-state index >= 15 is 0 Å². The Morgan fingerprint density at radius 1 is 0.600 bits per heavy atom. The summed E-state index contributed by atoms with van der Waals surface area (Å²) in [4.78, 5) is 16.6. The zero-order valence-corrected chi connectivity index (χ0v) is 18.2. The van der Waals surface area contributed by atoms with Gasteiger partial charge in [0.25, 0.3) is 0 Å². The standard InChI is InChI=1S/C26H21O2S2/c1-20(27)21-12-14-25(15-13-21)30(28)26-18-16-24(17-19-26)29(22-8-4-2-5-9-22)23-10-6-3-7-11-23/h2-19H,1H3/q+1. The molecule has 30 heavy (non-hydrogen) atoms. The molecule has 0 spiro atoms. The fourth-order valence-corrected chi connectivity index (χ4v) is 6.29. The van der Waals surface area contributed by atoms with Crippen LogP contribution in [0.5, 0.6) is 0 Å². The molecule has 4 aromatic rings. The number of hydrogen-bond donors (Lipinski definition) is 0. The van der Waals surface area contributed by atoms with Crippen molar-refractivity contribution in [3.8, 4) is 0 Å². The van der Waals surface area contributed by atoms with Gasteiger partial charge in [-0.1, -0.05) is 48.5 Å². The van der Waals surface area contributed by atoms with Crippen molar-refractivity contribution in [3.05, 3.63) is 115 Å². The lowest BCUT2D eigenvalue weighted by molar-refractivity contribution is 0.101. The van der Waals surface area contributed by atoms with Gasteiger partial charge in [0.05, 0.1) is 21.7 Å². The van der Waals surface area contributed by atoms with Crippen molar-refractivity contribution >= 4 is 27.5 Å². The molecule has 0 heterocycles. The lowest BCUT2D eigenvalue weighted by Crippen LogP contribution is -2.05. The first-order valence-electron chi connectivity index (χ1n) is 9.61. The zero-order chi connectivity index (χ0) is 20.9. The number of hydrogen-bond acceptors (Lipinski definition) is 2. The summed E-state index contributed by atoms with van der Waals surface area (Å²) in [7, 11) is -1.51. The highest BCUT2D eigenvalue weighted by Gasteiger charge is 2.28. The van der Waals surface area contributed by atoms with Crippen LogP contribution >= 0.6 is 0 Å². The number of rotatable bonds is 6. The highest BCUT2D eigenvalue weighted by molar-refractivity contribution is 7.97. The van der Waals surface area contributed by atoms with Crippen molar-refractivity contribution in [2.24, 2.45) is 0 Å². The molecule has 4 aromatic carbocycles. The van der Waals surface area contributed by atoms with Crippen LogP contribution < -0.4 is 0 Å². The Bertz CT molecular complexity index is 1110. The highest BCUT2D eigenvalue weighted by Crippen LogP contribution is 2.31. The molecule has 1 atom stereocenters. The second-order valence-corrected chi connectivity index (χ2v) is 10.3. The van der Waals surface area contributed by atoms with Gasteiger partial charge in [-0.05, 0) is 67.6 Å². The number of carbonyl (C=O) groups excluding carboxylic acids is 1. The molecule has 0 saturated carbocycles. The van der Waals surface area contributed by atoms with Gasteiger partial charge in [-0.2, -0.15) is 0 Å². The van der Waals surface area contributed by atoms with Crippen molar-refractivity contribution in [1.29, 1.82) is 0 Å². The summed E-state index contributed by atoms with van der Waals surface area (Å²) in [6, 6.07) is 35.9. The minimum Gasteiger partial charge on any atom is -0.295 e. The maximum atomic E-state index is 13.0. The third-order valence-electron chi connectivity index (χ3n) is 4.71. The van der Waals surface area contributed by atoms with E-state index in [0.717, 1.165) is 4.90 Å². The molecular formula is C26H21O2S2+. The minimum atomic E-state index is -1.29. The normalized spacial score (nSPS) is 11.9. The first kappa shape index (κ1) is 20.3. The first-order chi connectivity index (χ1) is 14.6. The van der Waals surface area contributed by atoms with Crippen LogP contribution in [0.1, 0.15) is 17.3 Å². The fourth-order valence-electron chi connectivity index (χ4n) is 3.17. The van der Waals surface area contributed by atoms with Gasteiger partial charge in [-0.15, -0.1) is 0 Å². The van der Waals surface area contributed by atoms with Crippen LogP contribution in [0, 0.1) is 0 Å². The third-order valence-corrected chi connectivity index (χ3v) is 8.34. The summed E-state index contributed by atoms with van der Waals surface area (Å²) < 4.78 is 13.0. The van der Waals surface area contributed by atoms with E-state index in [1.807, 2.05) is 24.3 Å². The Labute approximate surface area is 182 Å². The van der Waals surface area contributed by atoms with Gasteiger partial charge in [-0.3, -0.25) is 4.79 Å². The van der Waals surface area contributed by atoms with E-state index in [0.29, 0.717) is 10.5 Å². The predicted octanol–water partition coefficient (Wildman–Crippen LogP) is 6.15. The van der Waals surface area contributed by atoms with Crippen molar-refractivity contribution in [1.82, 2.24) is 0 Å². The molecule has 0 N–H and O–H groups in total. The summed E-state index contributed by atoms with van der Waals surface area (Å²) in [5.41, 5.74) is 0.626. The average Bonchev–Trinajstić information content (AvgIpc) is 2.81. The van der Waals surface area contributed by atoms with Gasteiger partial charge in [-0.25, -0.2) is 4.21 Å². The minimum absolute atomic E-state index is 0.00513. The van der Waals surface area contributed by atoms with E-state index in [1.54, 1.807) is 24.3 Å². The highest BCUT2D eigenvalue weighted by atomic mass is 32.2. The summed E-state index contributed by atoms with van der Waals surface area (Å²) in [5.74, 6) is 0.00513. The smallest absolute Gasteiger partial charge is 0.166 e. The maximum Gasteiger partial charge on any atom is 0.166 e. The molecule has 0 aliphatic carbocycles. The molecule has 0 aliphatic rings. The Balaban J connectivity index is 1.65. The van der Waals surface area contributed by atoms with E-state index in [9.17, 15) is 9.00 Å². The lowest BCUT2D eigenvalue weighted by atomic mass is 10.2. The Morgan fingerprint density at radius 2 is 1.00 bits per heavy atom. The number of ketones is 1. The van der Waals surface area contributed by atoms with Crippen molar-refractivity contribution in [3.63, 3.8) is 0 Å². The Hall–Kier alpha value is -2.95. The second kappa shape index (κ2) is 9.24. The monoisotopic (exact) mass is 429 g/mol. The lowest BCUT2D eigenvalue weighted by Gasteiger charge is -2.09. The Kier molecular flexibility index (Phi) is 6.26. The average molecular weight is 430 g/mol. The molecule has 0 bridgehead atoms. The van der Waals surface area contributed by atoms with Gasteiger partial charge >= 0.3 is 0 Å². The van der Waals surface area contributed by atoms with Crippen molar-refractivity contribution in [2.75, 3.05) is 0 Å². The van der Waals surface area contributed by atoms with Gasteiger partial charge in [0.2, 0.25) is 0 Å². The summed E-state index contributed by atoms with van der Waals surface area (Å²) in [5, 5.41) is 0. The van der Waals surface area contributed by atoms with Crippen LogP contribution in [0.25, 0.3) is 0 Å². The molecule has 148 valence electrons. The van der Waals surface area contributed by atoms with Gasteiger partial charge in [0.1, 0.15) is 0 Å². The summed E-state index contributed by atoms with van der Waals surface area (Å²) in [6.45, 7) is 1.53. The number of carbonyl (C=O) groups is 1. The van der Waals surface area contributed by atoms with Gasteiger partial charge in [0.15, 0.2) is 20.5 Å².